The first-order valence-electron chi connectivity index (χ1n) is 7.51. The van der Waals surface area contributed by atoms with E-state index in [0.717, 1.165) is 48.0 Å². The predicted molar refractivity (Wildman–Crippen MR) is 85.5 cm³/mol. The zero-order valence-corrected chi connectivity index (χ0v) is 12.4. The van der Waals surface area contributed by atoms with Gasteiger partial charge in [-0.15, -0.1) is 0 Å². The Kier molecular flexibility index (Phi) is 4.20. The molecule has 1 fully saturated rings. The Labute approximate surface area is 125 Å². The van der Waals surface area contributed by atoms with Crippen LogP contribution in [0.1, 0.15) is 31.2 Å². The molecule has 0 aliphatic heterocycles. The van der Waals surface area contributed by atoms with Crippen molar-refractivity contribution in [3.63, 3.8) is 0 Å². The standard InChI is InChI=1S/C18H21NO2/c1-3-13-4-10-17-14(12-13)5-11-18(19-17)21-16-8-6-15(20-2)7-9-16/h3-5,10-12,15-16H,1,6-9H2,2H3. The third-order valence-corrected chi connectivity index (χ3v) is 4.17. The van der Waals surface area contributed by atoms with Crippen molar-refractivity contribution in [2.24, 2.45) is 0 Å². The first-order chi connectivity index (χ1) is 10.3. The van der Waals surface area contributed by atoms with Gasteiger partial charge in [-0.25, -0.2) is 4.98 Å². The van der Waals surface area contributed by atoms with Crippen LogP contribution < -0.4 is 4.74 Å². The number of hydrogen-bond donors (Lipinski definition) is 0. The fourth-order valence-corrected chi connectivity index (χ4v) is 2.87. The van der Waals surface area contributed by atoms with Gasteiger partial charge in [0.25, 0.3) is 0 Å². The number of ether oxygens (including phenoxy) is 2. The number of hydrogen-bond acceptors (Lipinski definition) is 3. The predicted octanol–water partition coefficient (Wildman–Crippen LogP) is 4.21. The molecule has 0 atom stereocenters. The number of rotatable bonds is 4. The van der Waals surface area contributed by atoms with Gasteiger partial charge in [-0.05, 0) is 49.4 Å². The molecule has 1 heterocycles. The number of methoxy groups -OCH3 is 1. The summed E-state index contributed by atoms with van der Waals surface area (Å²) in [7, 11) is 1.79. The molecule has 0 bridgehead atoms. The highest BCUT2D eigenvalue weighted by Gasteiger charge is 2.22. The van der Waals surface area contributed by atoms with Gasteiger partial charge in [0.15, 0.2) is 0 Å². The molecule has 1 aromatic carbocycles. The van der Waals surface area contributed by atoms with Gasteiger partial charge in [-0.1, -0.05) is 18.7 Å². The molecule has 1 aromatic heterocycles. The van der Waals surface area contributed by atoms with Crippen molar-refractivity contribution >= 4 is 17.0 Å². The Morgan fingerprint density at radius 3 is 2.57 bits per heavy atom. The van der Waals surface area contributed by atoms with Crippen molar-refractivity contribution < 1.29 is 9.47 Å². The molecule has 1 aliphatic carbocycles. The van der Waals surface area contributed by atoms with Crippen molar-refractivity contribution in [3.05, 3.63) is 42.5 Å². The van der Waals surface area contributed by atoms with Gasteiger partial charge in [0, 0.05) is 18.6 Å². The second kappa shape index (κ2) is 6.27. The summed E-state index contributed by atoms with van der Waals surface area (Å²) >= 11 is 0. The van der Waals surface area contributed by atoms with E-state index in [2.05, 4.69) is 23.7 Å². The molecule has 21 heavy (non-hydrogen) atoms. The van der Waals surface area contributed by atoms with E-state index in [4.69, 9.17) is 9.47 Å². The molecule has 0 radical (unpaired) electrons. The Morgan fingerprint density at radius 2 is 1.86 bits per heavy atom. The lowest BCUT2D eigenvalue weighted by Crippen LogP contribution is -2.27. The molecule has 110 valence electrons. The molecular weight excluding hydrogens is 262 g/mol. The molecule has 2 aromatic rings. The van der Waals surface area contributed by atoms with Crippen molar-refractivity contribution in [1.29, 1.82) is 0 Å². The highest BCUT2D eigenvalue weighted by atomic mass is 16.5. The van der Waals surface area contributed by atoms with E-state index in [0.29, 0.717) is 6.10 Å². The van der Waals surface area contributed by atoms with E-state index in [-0.39, 0.29) is 6.10 Å². The van der Waals surface area contributed by atoms with Crippen LogP contribution in [-0.2, 0) is 4.74 Å². The van der Waals surface area contributed by atoms with Crippen molar-refractivity contribution in [2.75, 3.05) is 7.11 Å². The maximum atomic E-state index is 6.03. The maximum Gasteiger partial charge on any atom is 0.214 e. The van der Waals surface area contributed by atoms with E-state index >= 15 is 0 Å². The molecule has 3 heteroatoms. The van der Waals surface area contributed by atoms with E-state index < -0.39 is 0 Å². The van der Waals surface area contributed by atoms with Crippen molar-refractivity contribution in [3.8, 4) is 5.88 Å². The lowest BCUT2D eigenvalue weighted by atomic mass is 9.95. The summed E-state index contributed by atoms with van der Waals surface area (Å²) in [5.41, 5.74) is 2.07. The molecule has 0 unspecified atom stereocenters. The van der Waals surface area contributed by atoms with Gasteiger partial charge < -0.3 is 9.47 Å². The maximum absolute atomic E-state index is 6.03. The van der Waals surface area contributed by atoms with Gasteiger partial charge in [0.05, 0.1) is 11.6 Å². The highest BCUT2D eigenvalue weighted by molar-refractivity contribution is 5.81. The third-order valence-electron chi connectivity index (χ3n) is 4.17. The average molecular weight is 283 g/mol. The van der Waals surface area contributed by atoms with Crippen LogP contribution in [0.25, 0.3) is 17.0 Å². The molecule has 0 spiro atoms. The molecule has 1 saturated carbocycles. The Balaban J connectivity index is 1.71. The fourth-order valence-electron chi connectivity index (χ4n) is 2.87. The van der Waals surface area contributed by atoms with Crippen LogP contribution in [0.5, 0.6) is 5.88 Å². The number of pyridine rings is 1. The lowest BCUT2D eigenvalue weighted by molar-refractivity contribution is 0.0315. The molecule has 0 N–H and O–H groups in total. The topological polar surface area (TPSA) is 31.4 Å². The highest BCUT2D eigenvalue weighted by Crippen LogP contribution is 2.25. The first kappa shape index (κ1) is 14.1. The molecule has 0 saturated heterocycles. The van der Waals surface area contributed by atoms with E-state index in [9.17, 15) is 0 Å². The zero-order valence-electron chi connectivity index (χ0n) is 12.4. The van der Waals surface area contributed by atoms with Gasteiger partial charge in [0.1, 0.15) is 6.10 Å². The Morgan fingerprint density at radius 1 is 1.10 bits per heavy atom. The number of nitrogens with zero attached hydrogens (tertiary/aromatic N) is 1. The number of fused-ring (bicyclic) bond motifs is 1. The Hall–Kier alpha value is -1.87. The Bertz CT molecular complexity index is 630. The van der Waals surface area contributed by atoms with Crippen molar-refractivity contribution in [1.82, 2.24) is 4.98 Å². The van der Waals surface area contributed by atoms with Crippen LogP contribution >= 0.6 is 0 Å². The second-order valence-electron chi connectivity index (χ2n) is 5.56. The van der Waals surface area contributed by atoms with Crippen molar-refractivity contribution in [2.45, 2.75) is 37.9 Å². The smallest absolute Gasteiger partial charge is 0.214 e. The van der Waals surface area contributed by atoms with Crippen LogP contribution in [0, 0.1) is 0 Å². The lowest BCUT2D eigenvalue weighted by Gasteiger charge is -2.27. The summed E-state index contributed by atoms with van der Waals surface area (Å²) in [5.74, 6) is 0.717. The summed E-state index contributed by atoms with van der Waals surface area (Å²) in [6.45, 7) is 3.79. The minimum atomic E-state index is 0.258. The molecule has 0 amide bonds. The summed E-state index contributed by atoms with van der Waals surface area (Å²) in [6, 6.07) is 10.1. The van der Waals surface area contributed by atoms with E-state index in [1.165, 1.54) is 0 Å². The normalized spacial score (nSPS) is 22.1. The summed E-state index contributed by atoms with van der Waals surface area (Å²) in [6.07, 6.45) is 6.70. The van der Waals surface area contributed by atoms with Crippen LogP contribution in [0.15, 0.2) is 36.9 Å². The van der Waals surface area contributed by atoms with Crippen LogP contribution in [0.3, 0.4) is 0 Å². The SMILES string of the molecule is C=Cc1ccc2nc(OC3CCC(OC)CC3)ccc2c1. The summed E-state index contributed by atoms with van der Waals surface area (Å²) in [4.78, 5) is 4.60. The monoisotopic (exact) mass is 283 g/mol. The van der Waals surface area contributed by atoms with Gasteiger partial charge in [-0.2, -0.15) is 0 Å². The molecule has 3 nitrogen and oxygen atoms in total. The zero-order chi connectivity index (χ0) is 14.7. The minimum Gasteiger partial charge on any atom is -0.474 e. The fraction of sp³-hybridized carbons (Fsp3) is 0.389. The van der Waals surface area contributed by atoms with Crippen LogP contribution in [0.4, 0.5) is 0 Å². The van der Waals surface area contributed by atoms with Gasteiger partial charge in [0.2, 0.25) is 5.88 Å². The van der Waals surface area contributed by atoms with Gasteiger partial charge in [-0.3, -0.25) is 0 Å². The molecule has 1 aliphatic rings. The quantitative estimate of drug-likeness (QED) is 0.842. The number of aromatic nitrogens is 1. The average Bonchev–Trinajstić information content (AvgIpc) is 2.55. The molecular formula is C18H21NO2. The third kappa shape index (κ3) is 3.24. The molecule has 3 rings (SSSR count). The second-order valence-corrected chi connectivity index (χ2v) is 5.56. The largest absolute Gasteiger partial charge is 0.474 e. The minimum absolute atomic E-state index is 0.258. The van der Waals surface area contributed by atoms with Gasteiger partial charge >= 0.3 is 0 Å². The summed E-state index contributed by atoms with van der Waals surface area (Å²) < 4.78 is 11.4. The van der Waals surface area contributed by atoms with Crippen LogP contribution in [0.2, 0.25) is 0 Å². The van der Waals surface area contributed by atoms with Crippen LogP contribution in [-0.4, -0.2) is 24.3 Å². The number of benzene rings is 1. The van der Waals surface area contributed by atoms with E-state index in [1.807, 2.05) is 24.3 Å². The van der Waals surface area contributed by atoms with E-state index in [1.54, 1.807) is 7.11 Å². The summed E-state index contributed by atoms with van der Waals surface area (Å²) in [5, 5.41) is 1.11. The first-order valence-corrected chi connectivity index (χ1v) is 7.51.